The summed E-state index contributed by atoms with van der Waals surface area (Å²) in [6, 6.07) is 19.9. The smallest absolute Gasteiger partial charge is 0.264 e. The minimum Gasteiger partial charge on any atom is -0.497 e. The average molecular weight is 662 g/mol. The van der Waals surface area contributed by atoms with Crippen LogP contribution >= 0.6 is 15.9 Å². The molecule has 0 unspecified atom stereocenters. The Labute approximate surface area is 268 Å². The third kappa shape index (κ3) is 4.68. The molecule has 3 aromatic carbocycles. The molecule has 0 aromatic heterocycles. The number of ether oxygens (including phenoxy) is 2. The molecule has 3 aromatic rings. The first-order valence-corrected chi connectivity index (χ1v) is 16.1. The van der Waals surface area contributed by atoms with E-state index in [1.54, 1.807) is 24.0 Å². The van der Waals surface area contributed by atoms with Gasteiger partial charge in [-0.2, -0.15) is 0 Å². The summed E-state index contributed by atoms with van der Waals surface area (Å²) in [6.45, 7) is 8.81. The van der Waals surface area contributed by atoms with Crippen LogP contribution in [-0.4, -0.2) is 54.7 Å². The van der Waals surface area contributed by atoms with Gasteiger partial charge in [-0.3, -0.25) is 9.59 Å². The van der Waals surface area contributed by atoms with Crippen molar-refractivity contribution < 1.29 is 24.2 Å². The largest absolute Gasteiger partial charge is 0.497 e. The number of halogens is 1. The number of rotatable bonds is 6. The van der Waals surface area contributed by atoms with Gasteiger partial charge in [0.2, 0.25) is 5.91 Å². The topological polar surface area (TPSA) is 79.3 Å². The van der Waals surface area contributed by atoms with Gasteiger partial charge in [0.25, 0.3) is 5.91 Å². The van der Waals surface area contributed by atoms with Gasteiger partial charge in [-0.05, 0) is 75.1 Å². The van der Waals surface area contributed by atoms with Gasteiger partial charge in [-0.15, -0.1) is 0 Å². The van der Waals surface area contributed by atoms with Crippen molar-refractivity contribution in [2.24, 2.45) is 11.8 Å². The molecule has 8 heteroatoms. The van der Waals surface area contributed by atoms with Crippen molar-refractivity contribution in [3.8, 4) is 5.75 Å². The lowest BCUT2D eigenvalue weighted by molar-refractivity contribution is -0.151. The number of carbonyl (C=O) groups is 2. The summed E-state index contributed by atoms with van der Waals surface area (Å²) in [5.41, 5.74) is 4.32. The summed E-state index contributed by atoms with van der Waals surface area (Å²) in [7, 11) is 3.45. The van der Waals surface area contributed by atoms with Gasteiger partial charge in [0.1, 0.15) is 5.75 Å². The molecule has 1 N–H and O–H groups in total. The maximum absolute atomic E-state index is 14.4. The number of nitrogens with zero attached hydrogens (tertiary/aromatic N) is 2. The number of carbonyl (C=O) groups excluding carboxylic acids is 2. The van der Waals surface area contributed by atoms with E-state index in [4.69, 9.17) is 9.47 Å². The van der Waals surface area contributed by atoms with Gasteiger partial charge in [0, 0.05) is 35.5 Å². The summed E-state index contributed by atoms with van der Waals surface area (Å²) >= 11 is 3.71. The molecule has 1 fully saturated rings. The quantitative estimate of drug-likeness (QED) is 0.356. The van der Waals surface area contributed by atoms with E-state index >= 15 is 0 Å². The van der Waals surface area contributed by atoms with Crippen LogP contribution in [0.1, 0.15) is 55.0 Å². The first-order chi connectivity index (χ1) is 20.9. The van der Waals surface area contributed by atoms with Gasteiger partial charge in [0.05, 0.1) is 38.0 Å². The van der Waals surface area contributed by atoms with Gasteiger partial charge in [0.15, 0.2) is 5.60 Å². The molecule has 2 amide bonds. The molecule has 0 bridgehead atoms. The van der Waals surface area contributed by atoms with E-state index < -0.39 is 17.1 Å². The second-order valence-electron chi connectivity index (χ2n) is 13.2. The molecular weight excluding hydrogens is 620 g/mol. The number of amides is 2. The number of hydrogen-bond acceptors (Lipinski definition) is 5. The highest BCUT2D eigenvalue weighted by atomic mass is 79.9. The Morgan fingerprint density at radius 2 is 1.82 bits per heavy atom. The Morgan fingerprint density at radius 3 is 2.48 bits per heavy atom. The van der Waals surface area contributed by atoms with Crippen molar-refractivity contribution in [3.05, 3.63) is 93.0 Å². The molecule has 0 aliphatic carbocycles. The van der Waals surface area contributed by atoms with Gasteiger partial charge in [-0.25, -0.2) is 0 Å². The summed E-state index contributed by atoms with van der Waals surface area (Å²) in [5.74, 6) is 0.139. The molecule has 6 rings (SSSR count). The van der Waals surface area contributed by atoms with Crippen LogP contribution in [0.2, 0.25) is 0 Å². The predicted molar refractivity (Wildman–Crippen MR) is 174 cm³/mol. The number of aryl methyl sites for hydroxylation is 1. The lowest BCUT2D eigenvalue weighted by Crippen LogP contribution is -2.48. The highest BCUT2D eigenvalue weighted by molar-refractivity contribution is 9.10. The molecule has 1 saturated heterocycles. The molecule has 232 valence electrons. The van der Waals surface area contributed by atoms with E-state index in [1.165, 1.54) is 0 Å². The molecule has 3 aliphatic rings. The van der Waals surface area contributed by atoms with Crippen LogP contribution in [0.15, 0.2) is 65.1 Å². The second kappa shape index (κ2) is 11.3. The van der Waals surface area contributed by atoms with Crippen molar-refractivity contribution in [2.75, 3.05) is 25.7 Å². The Bertz CT molecular complexity index is 1600. The first-order valence-electron chi connectivity index (χ1n) is 15.3. The zero-order chi connectivity index (χ0) is 31.6. The zero-order valence-corrected chi connectivity index (χ0v) is 27.8. The number of aliphatic hydroxyl groups is 1. The molecule has 0 saturated carbocycles. The molecule has 1 spiro atoms. The fourth-order valence-corrected chi connectivity index (χ4v) is 9.02. The van der Waals surface area contributed by atoms with Crippen LogP contribution in [-0.2, 0) is 38.3 Å². The standard InChI is InChI=1S/C36H41BrN2O5/c1-21-15-28-33(29(37)16-21)38(5)34(42)36(28)22(2)32(35(3,4)25-11-13-27(43-6)14-12-25)30(44-36)18-31(41)39-19-24-10-8-7-9-23(24)17-26(39)20-40/h7-16,22,26,30,32,40H,17-20H2,1-6H3/t22-,26+,30+,32-,36+/m1/s1. The number of hydrogen-bond donors (Lipinski definition) is 1. The molecule has 0 radical (unpaired) electrons. The fraction of sp³-hybridized carbons (Fsp3) is 0.444. The molecule has 3 aliphatic heterocycles. The lowest BCUT2D eigenvalue weighted by atomic mass is 9.63. The molecule has 3 heterocycles. The van der Waals surface area contributed by atoms with Crippen LogP contribution < -0.4 is 9.64 Å². The van der Waals surface area contributed by atoms with Crippen LogP contribution in [0.3, 0.4) is 0 Å². The lowest BCUT2D eigenvalue weighted by Gasteiger charge is -2.40. The van der Waals surface area contributed by atoms with Crippen LogP contribution in [0.4, 0.5) is 5.69 Å². The number of likely N-dealkylation sites (N-methyl/N-ethyl adjacent to an activating group) is 1. The summed E-state index contributed by atoms with van der Waals surface area (Å²) < 4.78 is 13.3. The van der Waals surface area contributed by atoms with E-state index in [-0.39, 0.29) is 42.7 Å². The van der Waals surface area contributed by atoms with E-state index in [9.17, 15) is 14.7 Å². The van der Waals surface area contributed by atoms with Crippen molar-refractivity contribution in [3.63, 3.8) is 0 Å². The van der Waals surface area contributed by atoms with E-state index in [2.05, 4.69) is 61.0 Å². The number of aliphatic hydroxyl groups excluding tert-OH is 1. The van der Waals surface area contributed by atoms with E-state index in [0.717, 1.165) is 43.7 Å². The second-order valence-corrected chi connectivity index (χ2v) is 14.1. The highest BCUT2D eigenvalue weighted by Gasteiger charge is 2.66. The summed E-state index contributed by atoms with van der Waals surface area (Å²) in [4.78, 5) is 32.1. The van der Waals surface area contributed by atoms with Crippen LogP contribution in [0.25, 0.3) is 0 Å². The normalized spacial score (nSPS) is 26.2. The van der Waals surface area contributed by atoms with Gasteiger partial charge in [-0.1, -0.05) is 63.2 Å². The van der Waals surface area contributed by atoms with Crippen molar-refractivity contribution in [2.45, 2.75) is 70.2 Å². The van der Waals surface area contributed by atoms with Crippen molar-refractivity contribution >= 4 is 33.4 Å². The summed E-state index contributed by atoms with van der Waals surface area (Å²) in [6.07, 6.45) is 0.164. The Morgan fingerprint density at radius 1 is 1.14 bits per heavy atom. The zero-order valence-electron chi connectivity index (χ0n) is 26.3. The van der Waals surface area contributed by atoms with Crippen LogP contribution in [0.5, 0.6) is 5.75 Å². The van der Waals surface area contributed by atoms with Crippen molar-refractivity contribution in [1.82, 2.24) is 4.90 Å². The minimum atomic E-state index is -1.23. The maximum atomic E-state index is 14.4. The molecule has 7 nitrogen and oxygen atoms in total. The SMILES string of the molecule is COc1ccc(C(C)(C)[C@H]2[C@H](CC(=O)N3Cc4ccccc4C[C@H]3CO)O[C@@]3(C(=O)N(C)c4c(Br)cc(C)cc43)[C@@H]2C)cc1. The summed E-state index contributed by atoms with van der Waals surface area (Å²) in [5, 5.41) is 10.3. The molecule has 44 heavy (non-hydrogen) atoms. The minimum absolute atomic E-state index is 0.0761. The number of benzene rings is 3. The third-order valence-electron chi connectivity index (χ3n) is 10.4. The Kier molecular flexibility index (Phi) is 7.92. The monoisotopic (exact) mass is 660 g/mol. The van der Waals surface area contributed by atoms with Gasteiger partial charge < -0.3 is 24.4 Å². The predicted octanol–water partition coefficient (Wildman–Crippen LogP) is 5.90. The van der Waals surface area contributed by atoms with E-state index in [0.29, 0.717) is 13.0 Å². The van der Waals surface area contributed by atoms with Crippen LogP contribution in [0, 0.1) is 18.8 Å². The number of anilines is 1. The maximum Gasteiger partial charge on any atom is 0.264 e. The van der Waals surface area contributed by atoms with Crippen molar-refractivity contribution in [1.29, 1.82) is 0 Å². The average Bonchev–Trinajstić information content (AvgIpc) is 3.42. The first kappa shape index (κ1) is 30.8. The molecule has 5 atom stereocenters. The number of fused-ring (bicyclic) bond motifs is 3. The fourth-order valence-electron chi connectivity index (χ4n) is 8.18. The third-order valence-corrected chi connectivity index (χ3v) is 11.0. The Balaban J connectivity index is 1.43. The molecular formula is C36H41BrN2O5. The number of methoxy groups -OCH3 is 1. The Hall–Kier alpha value is -3.20. The van der Waals surface area contributed by atoms with Gasteiger partial charge >= 0.3 is 0 Å². The van der Waals surface area contributed by atoms with E-state index in [1.807, 2.05) is 43.3 Å². The highest BCUT2D eigenvalue weighted by Crippen LogP contribution is 2.60.